The number of hydrogen-bond acceptors (Lipinski definition) is 0. The second kappa shape index (κ2) is 5.31. The fraction of sp³-hybridized carbons (Fsp3) is 0.273. The van der Waals surface area contributed by atoms with Crippen LogP contribution >= 0.6 is 23.2 Å². The highest BCUT2D eigenvalue weighted by molar-refractivity contribution is 6.32. The molecular formula is C11H12Cl2. The highest BCUT2D eigenvalue weighted by Gasteiger charge is 1.95. The molecule has 1 aromatic carbocycles. The Hall–Kier alpha value is -0.460. The van der Waals surface area contributed by atoms with Crippen molar-refractivity contribution in [1.82, 2.24) is 0 Å². The molecule has 0 radical (unpaired) electrons. The molecule has 0 saturated carbocycles. The van der Waals surface area contributed by atoms with E-state index in [-0.39, 0.29) is 0 Å². The summed E-state index contributed by atoms with van der Waals surface area (Å²) in [5.74, 6) is 0.653. The molecule has 2 heteroatoms. The molecule has 0 atom stereocenters. The molecule has 0 bridgehead atoms. The second-order valence-corrected chi connectivity index (χ2v) is 3.69. The molecule has 0 unspecified atom stereocenters. The van der Waals surface area contributed by atoms with Gasteiger partial charge in [0.1, 0.15) is 0 Å². The van der Waals surface area contributed by atoms with E-state index in [2.05, 4.69) is 13.0 Å². The van der Waals surface area contributed by atoms with Gasteiger partial charge in [0.2, 0.25) is 0 Å². The predicted molar refractivity (Wildman–Crippen MR) is 60.6 cm³/mol. The first-order valence-corrected chi connectivity index (χ1v) is 5.14. The average Bonchev–Trinajstić information content (AvgIpc) is 2.11. The number of rotatable bonds is 3. The zero-order valence-corrected chi connectivity index (χ0v) is 9.07. The fourth-order valence-electron chi connectivity index (χ4n) is 1.06. The van der Waals surface area contributed by atoms with Gasteiger partial charge in [-0.2, -0.15) is 0 Å². The first-order valence-electron chi connectivity index (χ1n) is 4.22. The van der Waals surface area contributed by atoms with Gasteiger partial charge >= 0.3 is 0 Å². The van der Waals surface area contributed by atoms with Gasteiger partial charge in [-0.3, -0.25) is 0 Å². The normalized spacial score (nSPS) is 11.0. The summed E-state index contributed by atoms with van der Waals surface area (Å²) < 4.78 is 0. The molecule has 13 heavy (non-hydrogen) atoms. The number of aryl methyl sites for hydroxylation is 1. The smallest absolute Gasteiger partial charge is 0.0478 e. The zero-order chi connectivity index (χ0) is 9.68. The highest BCUT2D eigenvalue weighted by atomic mass is 35.5. The molecule has 0 aliphatic rings. The van der Waals surface area contributed by atoms with Gasteiger partial charge in [-0.15, -0.1) is 11.6 Å². The predicted octanol–water partition coefficient (Wildman–Crippen LogP) is 4.29. The third kappa shape index (κ3) is 3.41. The number of hydrogen-bond donors (Lipinski definition) is 0. The van der Waals surface area contributed by atoms with E-state index in [0.717, 1.165) is 17.0 Å². The van der Waals surface area contributed by atoms with E-state index in [9.17, 15) is 0 Å². The Labute approximate surface area is 89.2 Å². The standard InChI is InChI=1S/C11H12Cl2/c1-9-5-6-11(13)10(8-9)4-2-3-7-12/h2,4-6,8H,3,7H2,1H3/b4-2+. The van der Waals surface area contributed by atoms with Crippen molar-refractivity contribution in [2.75, 3.05) is 5.88 Å². The summed E-state index contributed by atoms with van der Waals surface area (Å²) in [5, 5.41) is 0.788. The van der Waals surface area contributed by atoms with E-state index < -0.39 is 0 Å². The van der Waals surface area contributed by atoms with Crippen LogP contribution in [0.5, 0.6) is 0 Å². The van der Waals surface area contributed by atoms with Gasteiger partial charge in [-0.1, -0.05) is 41.4 Å². The summed E-state index contributed by atoms with van der Waals surface area (Å²) in [4.78, 5) is 0. The van der Waals surface area contributed by atoms with E-state index in [4.69, 9.17) is 23.2 Å². The van der Waals surface area contributed by atoms with E-state index in [0.29, 0.717) is 5.88 Å². The van der Waals surface area contributed by atoms with Gasteiger partial charge in [-0.05, 0) is 25.0 Å². The molecule has 1 aromatic rings. The number of benzene rings is 1. The summed E-state index contributed by atoms with van der Waals surface area (Å²) >= 11 is 11.5. The van der Waals surface area contributed by atoms with Gasteiger partial charge in [0, 0.05) is 10.9 Å². The third-order valence-corrected chi connectivity index (χ3v) is 2.29. The highest BCUT2D eigenvalue weighted by Crippen LogP contribution is 2.18. The summed E-state index contributed by atoms with van der Waals surface area (Å²) in [6.07, 6.45) is 4.93. The van der Waals surface area contributed by atoms with E-state index in [1.54, 1.807) is 0 Å². The molecule has 0 aliphatic heterocycles. The summed E-state index contributed by atoms with van der Waals surface area (Å²) in [5.41, 5.74) is 2.28. The van der Waals surface area contributed by atoms with Gasteiger partial charge in [-0.25, -0.2) is 0 Å². The number of alkyl halides is 1. The SMILES string of the molecule is Cc1ccc(Cl)c(/C=C/CCCl)c1. The molecule has 0 heterocycles. The van der Waals surface area contributed by atoms with Crippen molar-refractivity contribution < 1.29 is 0 Å². The topological polar surface area (TPSA) is 0 Å². The van der Waals surface area contributed by atoms with Crippen LogP contribution in [0.15, 0.2) is 24.3 Å². The van der Waals surface area contributed by atoms with Gasteiger partial charge in [0.25, 0.3) is 0 Å². The van der Waals surface area contributed by atoms with Crippen LogP contribution in [-0.4, -0.2) is 5.88 Å². The van der Waals surface area contributed by atoms with Crippen LogP contribution in [-0.2, 0) is 0 Å². The van der Waals surface area contributed by atoms with Crippen LogP contribution in [0.1, 0.15) is 17.5 Å². The van der Waals surface area contributed by atoms with Crippen LogP contribution in [0.2, 0.25) is 5.02 Å². The van der Waals surface area contributed by atoms with Crippen molar-refractivity contribution in [3.05, 3.63) is 40.4 Å². The largest absolute Gasteiger partial charge is 0.126 e. The van der Waals surface area contributed by atoms with Gasteiger partial charge in [0.15, 0.2) is 0 Å². The molecule has 1 rings (SSSR count). The Balaban J connectivity index is 2.81. The Morgan fingerprint density at radius 3 is 2.85 bits per heavy atom. The molecule has 0 N–H and O–H groups in total. The van der Waals surface area contributed by atoms with Crippen LogP contribution in [0, 0.1) is 6.92 Å². The van der Waals surface area contributed by atoms with E-state index in [1.165, 1.54) is 5.56 Å². The Morgan fingerprint density at radius 2 is 2.15 bits per heavy atom. The lowest BCUT2D eigenvalue weighted by molar-refractivity contribution is 1.24. The van der Waals surface area contributed by atoms with Crippen LogP contribution in [0.3, 0.4) is 0 Å². The maximum atomic E-state index is 5.99. The summed E-state index contributed by atoms with van der Waals surface area (Å²) in [6.45, 7) is 2.05. The van der Waals surface area contributed by atoms with Crippen LogP contribution in [0.4, 0.5) is 0 Å². The lowest BCUT2D eigenvalue weighted by Crippen LogP contribution is -1.78. The maximum absolute atomic E-state index is 5.99. The average molecular weight is 215 g/mol. The van der Waals surface area contributed by atoms with Crippen molar-refractivity contribution >= 4 is 29.3 Å². The molecule has 0 aliphatic carbocycles. The number of allylic oxidation sites excluding steroid dienone is 1. The minimum absolute atomic E-state index is 0.653. The molecule has 0 nitrogen and oxygen atoms in total. The minimum Gasteiger partial charge on any atom is -0.126 e. The minimum atomic E-state index is 0.653. The van der Waals surface area contributed by atoms with Crippen molar-refractivity contribution in [2.45, 2.75) is 13.3 Å². The van der Waals surface area contributed by atoms with Crippen molar-refractivity contribution in [1.29, 1.82) is 0 Å². The maximum Gasteiger partial charge on any atom is 0.0478 e. The Kier molecular flexibility index (Phi) is 4.34. The molecular weight excluding hydrogens is 203 g/mol. The summed E-state index contributed by atoms with van der Waals surface area (Å²) in [6, 6.07) is 5.98. The summed E-state index contributed by atoms with van der Waals surface area (Å²) in [7, 11) is 0. The first kappa shape index (κ1) is 10.6. The lowest BCUT2D eigenvalue weighted by atomic mass is 10.1. The van der Waals surface area contributed by atoms with Crippen molar-refractivity contribution in [3.63, 3.8) is 0 Å². The Morgan fingerprint density at radius 1 is 1.38 bits per heavy atom. The van der Waals surface area contributed by atoms with E-state index >= 15 is 0 Å². The Bertz CT molecular complexity index is 303. The molecule has 0 fully saturated rings. The molecule has 0 amide bonds. The van der Waals surface area contributed by atoms with Crippen molar-refractivity contribution in [3.8, 4) is 0 Å². The van der Waals surface area contributed by atoms with Crippen molar-refractivity contribution in [2.24, 2.45) is 0 Å². The second-order valence-electron chi connectivity index (χ2n) is 2.90. The van der Waals surface area contributed by atoms with Crippen LogP contribution < -0.4 is 0 Å². The monoisotopic (exact) mass is 214 g/mol. The van der Waals surface area contributed by atoms with E-state index in [1.807, 2.05) is 24.3 Å². The lowest BCUT2D eigenvalue weighted by Gasteiger charge is -1.99. The quantitative estimate of drug-likeness (QED) is 0.659. The fourth-order valence-corrected chi connectivity index (χ4v) is 1.37. The molecule has 0 saturated heterocycles. The number of halogens is 2. The zero-order valence-electron chi connectivity index (χ0n) is 7.56. The molecule has 0 spiro atoms. The third-order valence-electron chi connectivity index (χ3n) is 1.72. The van der Waals surface area contributed by atoms with Gasteiger partial charge < -0.3 is 0 Å². The van der Waals surface area contributed by atoms with Gasteiger partial charge in [0.05, 0.1) is 0 Å². The first-order chi connectivity index (χ1) is 6.24. The van der Waals surface area contributed by atoms with Crippen LogP contribution in [0.25, 0.3) is 6.08 Å². The molecule has 70 valence electrons. The molecule has 0 aromatic heterocycles.